The Kier molecular flexibility index (Phi) is 4.01. The topological polar surface area (TPSA) is 52.2 Å². The Morgan fingerprint density at radius 1 is 1.33 bits per heavy atom. The molecule has 5 heteroatoms. The zero-order valence-corrected chi connectivity index (χ0v) is 12.2. The Morgan fingerprint density at radius 2 is 2.14 bits per heavy atom. The van der Waals surface area contributed by atoms with E-state index in [1.807, 2.05) is 11.0 Å². The Hall–Kier alpha value is -2.14. The van der Waals surface area contributed by atoms with Gasteiger partial charge in [-0.05, 0) is 19.0 Å². The minimum atomic E-state index is 0.0647. The maximum absolute atomic E-state index is 12.4. The fraction of sp³-hybridized carbons (Fsp3) is 0.375. The molecular formula is C16H20N4O. The van der Waals surface area contributed by atoms with Crippen molar-refractivity contribution in [1.29, 1.82) is 0 Å². The van der Waals surface area contributed by atoms with Crippen LogP contribution in [0, 0.1) is 0 Å². The second-order valence-corrected chi connectivity index (χ2v) is 5.56. The minimum absolute atomic E-state index is 0.0647. The van der Waals surface area contributed by atoms with Gasteiger partial charge in [-0.15, -0.1) is 0 Å². The molecule has 1 aliphatic heterocycles. The van der Waals surface area contributed by atoms with E-state index in [0.717, 1.165) is 26.1 Å². The van der Waals surface area contributed by atoms with Crippen LogP contribution in [0.15, 0.2) is 42.7 Å². The van der Waals surface area contributed by atoms with Gasteiger partial charge in [0.25, 0.3) is 5.91 Å². The van der Waals surface area contributed by atoms with Gasteiger partial charge in [0, 0.05) is 31.9 Å². The standard InChI is InChI=1S/C16H20N4O/c1-19-7-8-20(16(21)14-10-17-18-11-14)12-15(19)9-13-5-3-2-4-6-13/h2-6,10-11,15H,7-9,12H2,1H3,(H,17,18)/t15-/m1/s1. The maximum Gasteiger partial charge on any atom is 0.257 e. The molecule has 0 saturated carbocycles. The van der Waals surface area contributed by atoms with Crippen molar-refractivity contribution in [3.8, 4) is 0 Å². The van der Waals surface area contributed by atoms with E-state index in [-0.39, 0.29) is 5.91 Å². The molecule has 0 spiro atoms. The summed E-state index contributed by atoms with van der Waals surface area (Å²) in [6, 6.07) is 10.8. The van der Waals surface area contributed by atoms with Gasteiger partial charge in [0.2, 0.25) is 0 Å². The highest BCUT2D eigenvalue weighted by Gasteiger charge is 2.28. The summed E-state index contributed by atoms with van der Waals surface area (Å²) < 4.78 is 0. The summed E-state index contributed by atoms with van der Waals surface area (Å²) in [5.41, 5.74) is 1.95. The van der Waals surface area contributed by atoms with Gasteiger partial charge in [-0.2, -0.15) is 5.10 Å². The van der Waals surface area contributed by atoms with Crippen LogP contribution in [0.25, 0.3) is 0 Å². The molecule has 0 unspecified atom stereocenters. The van der Waals surface area contributed by atoms with Crippen molar-refractivity contribution in [3.63, 3.8) is 0 Å². The number of amides is 1. The predicted octanol–water partition coefficient (Wildman–Crippen LogP) is 1.41. The number of likely N-dealkylation sites (N-methyl/N-ethyl adjacent to an activating group) is 1. The Balaban J connectivity index is 1.68. The van der Waals surface area contributed by atoms with E-state index in [1.165, 1.54) is 5.56 Å². The number of aromatic nitrogens is 2. The quantitative estimate of drug-likeness (QED) is 0.927. The Morgan fingerprint density at radius 3 is 2.86 bits per heavy atom. The number of benzene rings is 1. The van der Waals surface area contributed by atoms with Crippen molar-refractivity contribution in [2.24, 2.45) is 0 Å². The monoisotopic (exact) mass is 284 g/mol. The number of aromatic amines is 1. The van der Waals surface area contributed by atoms with E-state index in [1.54, 1.807) is 12.4 Å². The molecule has 3 rings (SSSR count). The van der Waals surface area contributed by atoms with Gasteiger partial charge in [0.05, 0.1) is 11.8 Å². The lowest BCUT2D eigenvalue weighted by Crippen LogP contribution is -2.54. The first kappa shape index (κ1) is 13.8. The van der Waals surface area contributed by atoms with Crippen LogP contribution in [0.2, 0.25) is 0 Å². The summed E-state index contributed by atoms with van der Waals surface area (Å²) in [5.74, 6) is 0.0647. The highest BCUT2D eigenvalue weighted by Crippen LogP contribution is 2.15. The summed E-state index contributed by atoms with van der Waals surface area (Å²) in [5, 5.41) is 6.56. The number of nitrogens with zero attached hydrogens (tertiary/aromatic N) is 3. The number of hydrogen-bond donors (Lipinski definition) is 1. The molecule has 1 aromatic heterocycles. The lowest BCUT2D eigenvalue weighted by Gasteiger charge is -2.39. The first-order valence-electron chi connectivity index (χ1n) is 7.26. The van der Waals surface area contributed by atoms with Gasteiger partial charge in [-0.1, -0.05) is 30.3 Å². The van der Waals surface area contributed by atoms with Crippen LogP contribution in [0.3, 0.4) is 0 Å². The van der Waals surface area contributed by atoms with Crippen LogP contribution in [-0.2, 0) is 6.42 Å². The number of carbonyl (C=O) groups excluding carboxylic acids is 1. The van der Waals surface area contributed by atoms with Crippen LogP contribution in [0.4, 0.5) is 0 Å². The van der Waals surface area contributed by atoms with Crippen LogP contribution in [-0.4, -0.2) is 58.6 Å². The molecule has 0 radical (unpaired) electrons. The normalized spacial score (nSPS) is 19.7. The first-order chi connectivity index (χ1) is 10.2. The molecule has 1 atom stereocenters. The van der Waals surface area contributed by atoms with E-state index >= 15 is 0 Å². The number of hydrogen-bond acceptors (Lipinski definition) is 3. The Bertz CT molecular complexity index is 582. The first-order valence-corrected chi connectivity index (χ1v) is 7.26. The van der Waals surface area contributed by atoms with Gasteiger partial charge >= 0.3 is 0 Å². The number of rotatable bonds is 3. The van der Waals surface area contributed by atoms with Crippen molar-refractivity contribution < 1.29 is 4.79 Å². The average molecular weight is 284 g/mol. The molecule has 1 saturated heterocycles. The molecule has 2 aromatic rings. The summed E-state index contributed by atoms with van der Waals surface area (Å²) >= 11 is 0. The van der Waals surface area contributed by atoms with Gasteiger partial charge in [-0.25, -0.2) is 0 Å². The molecule has 1 N–H and O–H groups in total. The number of piperazine rings is 1. The zero-order chi connectivity index (χ0) is 14.7. The molecule has 1 aliphatic rings. The molecule has 2 heterocycles. The number of H-pyrrole nitrogens is 1. The van der Waals surface area contributed by atoms with E-state index in [0.29, 0.717) is 11.6 Å². The Labute approximate surface area is 124 Å². The average Bonchev–Trinajstić information content (AvgIpc) is 3.04. The molecule has 1 fully saturated rings. The highest BCUT2D eigenvalue weighted by molar-refractivity contribution is 5.93. The fourth-order valence-electron chi connectivity index (χ4n) is 2.79. The van der Waals surface area contributed by atoms with Crippen molar-refractivity contribution >= 4 is 5.91 Å². The molecule has 1 amide bonds. The highest BCUT2D eigenvalue weighted by atomic mass is 16.2. The third-order valence-corrected chi connectivity index (χ3v) is 4.12. The van der Waals surface area contributed by atoms with Crippen LogP contribution in [0.1, 0.15) is 15.9 Å². The predicted molar refractivity (Wildman–Crippen MR) is 81.1 cm³/mol. The second kappa shape index (κ2) is 6.10. The molecule has 5 nitrogen and oxygen atoms in total. The van der Waals surface area contributed by atoms with E-state index in [4.69, 9.17) is 0 Å². The van der Waals surface area contributed by atoms with Crippen LogP contribution in [0.5, 0.6) is 0 Å². The zero-order valence-electron chi connectivity index (χ0n) is 12.2. The fourth-order valence-corrected chi connectivity index (χ4v) is 2.79. The third-order valence-electron chi connectivity index (χ3n) is 4.12. The van der Waals surface area contributed by atoms with E-state index in [9.17, 15) is 4.79 Å². The van der Waals surface area contributed by atoms with Crippen molar-refractivity contribution in [2.45, 2.75) is 12.5 Å². The smallest absolute Gasteiger partial charge is 0.257 e. The largest absolute Gasteiger partial charge is 0.336 e. The lowest BCUT2D eigenvalue weighted by atomic mass is 10.0. The van der Waals surface area contributed by atoms with E-state index < -0.39 is 0 Å². The minimum Gasteiger partial charge on any atom is -0.336 e. The van der Waals surface area contributed by atoms with Gasteiger partial charge < -0.3 is 4.90 Å². The lowest BCUT2D eigenvalue weighted by molar-refractivity contribution is 0.0547. The molecular weight excluding hydrogens is 264 g/mol. The summed E-state index contributed by atoms with van der Waals surface area (Å²) in [6.07, 6.45) is 4.21. The van der Waals surface area contributed by atoms with Crippen molar-refractivity contribution in [2.75, 3.05) is 26.7 Å². The SMILES string of the molecule is CN1CCN(C(=O)c2cn[nH]c2)C[C@H]1Cc1ccccc1. The van der Waals surface area contributed by atoms with Crippen molar-refractivity contribution in [1.82, 2.24) is 20.0 Å². The van der Waals surface area contributed by atoms with Crippen LogP contribution < -0.4 is 0 Å². The summed E-state index contributed by atoms with van der Waals surface area (Å²) in [4.78, 5) is 16.7. The van der Waals surface area contributed by atoms with Crippen LogP contribution >= 0.6 is 0 Å². The van der Waals surface area contributed by atoms with Gasteiger partial charge in [-0.3, -0.25) is 14.8 Å². The van der Waals surface area contributed by atoms with Gasteiger partial charge in [0.1, 0.15) is 0 Å². The summed E-state index contributed by atoms with van der Waals surface area (Å²) in [6.45, 7) is 2.43. The molecule has 21 heavy (non-hydrogen) atoms. The molecule has 0 bridgehead atoms. The second-order valence-electron chi connectivity index (χ2n) is 5.56. The maximum atomic E-state index is 12.4. The van der Waals surface area contributed by atoms with Crippen molar-refractivity contribution in [3.05, 3.63) is 53.9 Å². The molecule has 1 aromatic carbocycles. The van der Waals surface area contributed by atoms with E-state index in [2.05, 4.69) is 46.4 Å². The number of carbonyl (C=O) groups is 1. The molecule has 110 valence electrons. The number of nitrogens with one attached hydrogen (secondary N) is 1. The third kappa shape index (κ3) is 3.13. The summed E-state index contributed by atoms with van der Waals surface area (Å²) in [7, 11) is 2.13. The molecule has 0 aliphatic carbocycles. The van der Waals surface area contributed by atoms with Gasteiger partial charge in [0.15, 0.2) is 0 Å².